The average Bonchev–Trinajstić information content (AvgIpc) is 2.55. The Kier molecular flexibility index (Phi) is 6.13. The van der Waals surface area contributed by atoms with E-state index in [1.807, 2.05) is 6.92 Å². The summed E-state index contributed by atoms with van der Waals surface area (Å²) in [5.41, 5.74) is 0.0768. The van der Waals surface area contributed by atoms with Crippen molar-refractivity contribution >= 4 is 11.8 Å². The van der Waals surface area contributed by atoms with Crippen molar-refractivity contribution in [3.8, 4) is 0 Å². The topological polar surface area (TPSA) is 49.4 Å². The smallest absolute Gasteiger partial charge is 0.256 e. The van der Waals surface area contributed by atoms with Crippen LogP contribution in [-0.2, 0) is 4.79 Å². The molecule has 4 nitrogen and oxygen atoms in total. The van der Waals surface area contributed by atoms with Crippen LogP contribution in [-0.4, -0.2) is 35.8 Å². The number of carbonyl (C=O) groups excluding carboxylic acids is 2. The van der Waals surface area contributed by atoms with Crippen molar-refractivity contribution in [3.05, 3.63) is 35.6 Å². The lowest BCUT2D eigenvalue weighted by molar-refractivity contribution is -0.127. The number of amides is 2. The van der Waals surface area contributed by atoms with E-state index < -0.39 is 5.82 Å². The van der Waals surface area contributed by atoms with Crippen molar-refractivity contribution in [2.24, 2.45) is 5.92 Å². The zero-order valence-electron chi connectivity index (χ0n) is 13.8. The van der Waals surface area contributed by atoms with Crippen molar-refractivity contribution in [1.82, 2.24) is 10.2 Å². The first kappa shape index (κ1) is 17.4. The summed E-state index contributed by atoms with van der Waals surface area (Å²) < 4.78 is 13.8. The summed E-state index contributed by atoms with van der Waals surface area (Å²) in [6.07, 6.45) is 3.49. The molecule has 2 rings (SSSR count). The number of halogens is 1. The molecule has 1 saturated heterocycles. The second-order valence-electron chi connectivity index (χ2n) is 6.27. The molecule has 1 aliphatic heterocycles. The maximum Gasteiger partial charge on any atom is 0.256 e. The highest BCUT2D eigenvalue weighted by Gasteiger charge is 2.30. The molecule has 1 aromatic carbocycles. The van der Waals surface area contributed by atoms with Gasteiger partial charge in [-0.15, -0.1) is 0 Å². The first-order chi connectivity index (χ1) is 11.0. The predicted octanol–water partition coefficient (Wildman–Crippen LogP) is 2.98. The van der Waals surface area contributed by atoms with Crippen molar-refractivity contribution in [2.75, 3.05) is 13.1 Å². The molecule has 0 unspecified atom stereocenters. The van der Waals surface area contributed by atoms with Crippen LogP contribution in [0, 0.1) is 11.7 Å². The molecule has 1 heterocycles. The minimum atomic E-state index is -0.513. The highest BCUT2D eigenvalue weighted by atomic mass is 19.1. The minimum Gasteiger partial charge on any atom is -0.353 e. The van der Waals surface area contributed by atoms with E-state index in [-0.39, 0.29) is 29.3 Å². The van der Waals surface area contributed by atoms with Gasteiger partial charge in [0, 0.05) is 19.1 Å². The molecule has 1 aliphatic rings. The lowest BCUT2D eigenvalue weighted by Crippen LogP contribution is -2.47. The normalized spacial score (nSPS) is 19.3. The zero-order chi connectivity index (χ0) is 16.8. The number of benzene rings is 1. The van der Waals surface area contributed by atoms with Gasteiger partial charge in [-0.3, -0.25) is 9.59 Å². The van der Waals surface area contributed by atoms with Gasteiger partial charge in [0.25, 0.3) is 5.91 Å². The summed E-state index contributed by atoms with van der Waals surface area (Å²) in [5, 5.41) is 3.01. The fourth-order valence-corrected chi connectivity index (χ4v) is 3.05. The van der Waals surface area contributed by atoms with E-state index in [0.717, 1.165) is 25.7 Å². The standard InChI is InChI=1S/C18H25FN2O2/c1-3-7-13(2)20-17(22)14-8-6-11-21(12-14)18(23)15-9-4-5-10-16(15)19/h4-5,9-10,13-14H,3,6-8,11-12H2,1-2H3,(H,20,22)/t13-,14-/m0/s1. The van der Waals surface area contributed by atoms with Gasteiger partial charge in [-0.1, -0.05) is 25.5 Å². The third kappa shape index (κ3) is 4.53. The zero-order valence-corrected chi connectivity index (χ0v) is 13.8. The largest absolute Gasteiger partial charge is 0.353 e. The Labute approximate surface area is 137 Å². The van der Waals surface area contributed by atoms with E-state index in [9.17, 15) is 14.0 Å². The van der Waals surface area contributed by atoms with E-state index >= 15 is 0 Å². The molecular formula is C18H25FN2O2. The molecule has 23 heavy (non-hydrogen) atoms. The molecule has 5 heteroatoms. The molecule has 126 valence electrons. The number of hydrogen-bond donors (Lipinski definition) is 1. The van der Waals surface area contributed by atoms with Gasteiger partial charge in [0.1, 0.15) is 5.82 Å². The Morgan fingerprint density at radius 3 is 2.83 bits per heavy atom. The second-order valence-corrected chi connectivity index (χ2v) is 6.27. The molecule has 0 bridgehead atoms. The quantitative estimate of drug-likeness (QED) is 0.907. The van der Waals surface area contributed by atoms with E-state index in [4.69, 9.17) is 0 Å². The van der Waals surface area contributed by atoms with Gasteiger partial charge in [0.05, 0.1) is 11.5 Å². The predicted molar refractivity (Wildman–Crippen MR) is 87.5 cm³/mol. The van der Waals surface area contributed by atoms with E-state index in [1.54, 1.807) is 17.0 Å². The van der Waals surface area contributed by atoms with Crippen molar-refractivity contribution < 1.29 is 14.0 Å². The van der Waals surface area contributed by atoms with E-state index in [2.05, 4.69) is 12.2 Å². The summed E-state index contributed by atoms with van der Waals surface area (Å²) in [5.74, 6) is -1.06. The SMILES string of the molecule is CCC[C@H](C)NC(=O)[C@H]1CCCN(C(=O)c2ccccc2F)C1. The molecule has 1 aromatic rings. The number of piperidine rings is 1. The van der Waals surface area contributed by atoms with Crippen LogP contribution in [0.2, 0.25) is 0 Å². The van der Waals surface area contributed by atoms with Crippen molar-refractivity contribution in [3.63, 3.8) is 0 Å². The van der Waals surface area contributed by atoms with Gasteiger partial charge in [-0.05, 0) is 38.3 Å². The Balaban J connectivity index is 1.99. The summed E-state index contributed by atoms with van der Waals surface area (Å²) in [7, 11) is 0. The Morgan fingerprint density at radius 1 is 1.39 bits per heavy atom. The number of nitrogens with one attached hydrogen (secondary N) is 1. The molecule has 0 saturated carbocycles. The fraction of sp³-hybridized carbons (Fsp3) is 0.556. The summed E-state index contributed by atoms with van der Waals surface area (Å²) in [4.78, 5) is 26.4. The van der Waals surface area contributed by atoms with Gasteiger partial charge in [0.15, 0.2) is 0 Å². The molecule has 0 aromatic heterocycles. The second kappa shape index (κ2) is 8.09. The van der Waals surface area contributed by atoms with Crippen LogP contribution in [0.5, 0.6) is 0 Å². The van der Waals surface area contributed by atoms with Gasteiger partial charge in [-0.25, -0.2) is 4.39 Å². The monoisotopic (exact) mass is 320 g/mol. The minimum absolute atomic E-state index is 0.00279. The van der Waals surface area contributed by atoms with Crippen LogP contribution < -0.4 is 5.32 Å². The molecule has 2 amide bonds. The van der Waals surface area contributed by atoms with E-state index in [1.165, 1.54) is 12.1 Å². The van der Waals surface area contributed by atoms with Crippen LogP contribution in [0.25, 0.3) is 0 Å². The van der Waals surface area contributed by atoms with Crippen molar-refractivity contribution in [1.29, 1.82) is 0 Å². The Morgan fingerprint density at radius 2 is 2.13 bits per heavy atom. The number of likely N-dealkylation sites (tertiary alicyclic amines) is 1. The highest BCUT2D eigenvalue weighted by molar-refractivity contribution is 5.95. The van der Waals surface area contributed by atoms with Gasteiger partial charge in [-0.2, -0.15) is 0 Å². The number of hydrogen-bond acceptors (Lipinski definition) is 2. The van der Waals surface area contributed by atoms with Gasteiger partial charge < -0.3 is 10.2 Å². The Hall–Kier alpha value is -1.91. The molecule has 0 spiro atoms. The van der Waals surface area contributed by atoms with E-state index in [0.29, 0.717) is 13.1 Å². The number of nitrogens with zero attached hydrogens (tertiary/aromatic N) is 1. The van der Waals surface area contributed by atoms with Crippen LogP contribution in [0.4, 0.5) is 4.39 Å². The lowest BCUT2D eigenvalue weighted by atomic mass is 9.96. The fourth-order valence-electron chi connectivity index (χ4n) is 3.05. The molecule has 1 N–H and O–H groups in total. The van der Waals surface area contributed by atoms with Gasteiger partial charge in [0.2, 0.25) is 5.91 Å². The summed E-state index contributed by atoms with van der Waals surface area (Å²) in [6.45, 7) is 5.00. The molecule has 1 fully saturated rings. The molecular weight excluding hydrogens is 295 g/mol. The maximum absolute atomic E-state index is 13.8. The number of rotatable bonds is 5. The number of carbonyl (C=O) groups is 2. The van der Waals surface area contributed by atoms with Crippen molar-refractivity contribution in [2.45, 2.75) is 45.6 Å². The average molecular weight is 320 g/mol. The third-order valence-corrected chi connectivity index (χ3v) is 4.29. The summed E-state index contributed by atoms with van der Waals surface area (Å²) >= 11 is 0. The van der Waals surface area contributed by atoms with Crippen LogP contribution in [0.1, 0.15) is 49.9 Å². The lowest BCUT2D eigenvalue weighted by Gasteiger charge is -2.32. The van der Waals surface area contributed by atoms with Crippen LogP contribution in [0.15, 0.2) is 24.3 Å². The Bertz CT molecular complexity index is 562. The van der Waals surface area contributed by atoms with Crippen LogP contribution in [0.3, 0.4) is 0 Å². The van der Waals surface area contributed by atoms with Gasteiger partial charge >= 0.3 is 0 Å². The molecule has 0 aliphatic carbocycles. The highest BCUT2D eigenvalue weighted by Crippen LogP contribution is 2.20. The first-order valence-corrected chi connectivity index (χ1v) is 8.37. The summed E-state index contributed by atoms with van der Waals surface area (Å²) in [6, 6.07) is 6.13. The maximum atomic E-state index is 13.8. The molecule has 2 atom stereocenters. The van der Waals surface area contributed by atoms with Crippen LogP contribution >= 0.6 is 0 Å². The first-order valence-electron chi connectivity index (χ1n) is 8.37. The third-order valence-electron chi connectivity index (χ3n) is 4.29. The molecule has 0 radical (unpaired) electrons.